The molecule has 0 N–H and O–H groups in total. The van der Waals surface area contributed by atoms with Crippen LogP contribution in [-0.2, 0) is 0 Å². The van der Waals surface area contributed by atoms with Crippen molar-refractivity contribution in [1.82, 2.24) is 0 Å². The second kappa shape index (κ2) is 5.75. The Bertz CT molecular complexity index is 693. The topological polar surface area (TPSA) is 63.4 Å². The van der Waals surface area contributed by atoms with E-state index >= 15 is 0 Å². The van der Waals surface area contributed by atoms with Crippen molar-refractivity contribution in [3.05, 3.63) is 63.7 Å². The highest BCUT2D eigenvalue weighted by molar-refractivity contribution is 6.01. The van der Waals surface area contributed by atoms with Crippen LogP contribution in [0.2, 0.25) is 0 Å². The summed E-state index contributed by atoms with van der Waals surface area (Å²) in [5, 5.41) is 10.8. The molecule has 0 saturated carbocycles. The molecule has 2 aromatic rings. The minimum absolute atomic E-state index is 0.0822. The first-order valence-electron chi connectivity index (χ1n) is 6.50. The van der Waals surface area contributed by atoms with E-state index in [0.717, 1.165) is 11.3 Å². The lowest BCUT2D eigenvalue weighted by atomic mass is 10.1. The van der Waals surface area contributed by atoms with Crippen molar-refractivity contribution in [2.45, 2.75) is 13.8 Å². The van der Waals surface area contributed by atoms with Gasteiger partial charge in [-0.25, -0.2) is 0 Å². The third-order valence-corrected chi connectivity index (χ3v) is 3.35. The summed E-state index contributed by atoms with van der Waals surface area (Å²) in [6.07, 6.45) is 0. The van der Waals surface area contributed by atoms with Gasteiger partial charge in [0.2, 0.25) is 0 Å². The van der Waals surface area contributed by atoms with Crippen molar-refractivity contribution in [2.75, 3.05) is 11.9 Å². The van der Waals surface area contributed by atoms with Crippen molar-refractivity contribution in [3.63, 3.8) is 0 Å². The predicted octanol–water partition coefficient (Wildman–Crippen LogP) is 3.87. The fourth-order valence-corrected chi connectivity index (χ4v) is 2.12. The van der Waals surface area contributed by atoms with Crippen LogP contribution < -0.4 is 4.90 Å². The molecule has 0 bridgehead atoms. The molecule has 2 aromatic carbocycles. The van der Waals surface area contributed by atoms with Crippen molar-refractivity contribution < 1.29 is 9.72 Å². The highest BCUT2D eigenvalue weighted by atomic mass is 16.6. The minimum Gasteiger partial charge on any atom is -0.344 e. The number of nitro groups is 1. The number of Topliss-reactive ketones (excluding diaryl/α,β-unsaturated/α-hetero) is 1. The fourth-order valence-electron chi connectivity index (χ4n) is 2.12. The first-order chi connectivity index (χ1) is 9.90. The Labute approximate surface area is 123 Å². The summed E-state index contributed by atoms with van der Waals surface area (Å²) in [6.45, 7) is 3.40. The molecule has 0 fully saturated rings. The van der Waals surface area contributed by atoms with E-state index in [0.29, 0.717) is 11.3 Å². The summed E-state index contributed by atoms with van der Waals surface area (Å²) < 4.78 is 0. The Kier molecular flexibility index (Phi) is 4.03. The number of rotatable bonds is 4. The highest BCUT2D eigenvalue weighted by Crippen LogP contribution is 2.30. The van der Waals surface area contributed by atoms with Gasteiger partial charge in [0, 0.05) is 30.4 Å². The molecular weight excluding hydrogens is 268 g/mol. The van der Waals surface area contributed by atoms with E-state index in [1.54, 1.807) is 6.07 Å². The molecule has 0 atom stereocenters. The largest absolute Gasteiger partial charge is 0.344 e. The van der Waals surface area contributed by atoms with Crippen molar-refractivity contribution in [1.29, 1.82) is 0 Å². The lowest BCUT2D eigenvalue weighted by Crippen LogP contribution is -2.13. The number of nitrogens with zero attached hydrogens (tertiary/aromatic N) is 2. The number of hydrogen-bond acceptors (Lipinski definition) is 4. The maximum absolute atomic E-state index is 11.8. The number of anilines is 2. The molecule has 0 aliphatic carbocycles. The van der Waals surface area contributed by atoms with E-state index < -0.39 is 4.92 Å². The minimum atomic E-state index is -0.498. The summed E-state index contributed by atoms with van der Waals surface area (Å²) in [6, 6.07) is 12.2. The maximum Gasteiger partial charge on any atom is 0.270 e. The molecular formula is C16H16N2O3. The summed E-state index contributed by atoms with van der Waals surface area (Å²) in [5.41, 5.74) is 2.96. The smallest absolute Gasteiger partial charge is 0.270 e. The number of benzene rings is 2. The predicted molar refractivity (Wildman–Crippen MR) is 82.3 cm³/mol. The Morgan fingerprint density at radius 1 is 1.14 bits per heavy atom. The van der Waals surface area contributed by atoms with Crippen LogP contribution in [0.25, 0.3) is 0 Å². The van der Waals surface area contributed by atoms with Crippen molar-refractivity contribution in [3.8, 4) is 0 Å². The average molecular weight is 284 g/mol. The fraction of sp³-hybridized carbons (Fsp3) is 0.188. The molecule has 0 aliphatic heterocycles. The van der Waals surface area contributed by atoms with Crippen molar-refractivity contribution in [2.24, 2.45) is 0 Å². The summed E-state index contributed by atoms with van der Waals surface area (Å²) >= 11 is 0. The monoisotopic (exact) mass is 284 g/mol. The van der Waals surface area contributed by atoms with E-state index in [1.165, 1.54) is 19.1 Å². The van der Waals surface area contributed by atoms with Crippen LogP contribution in [-0.4, -0.2) is 17.8 Å². The van der Waals surface area contributed by atoms with Crippen LogP contribution in [0.15, 0.2) is 42.5 Å². The summed E-state index contributed by atoms with van der Waals surface area (Å²) in [4.78, 5) is 24.0. The van der Waals surface area contributed by atoms with Gasteiger partial charge in [-0.1, -0.05) is 17.7 Å². The molecule has 2 rings (SSSR count). The summed E-state index contributed by atoms with van der Waals surface area (Å²) in [7, 11) is 1.83. The Hall–Kier alpha value is -2.69. The average Bonchev–Trinajstić information content (AvgIpc) is 2.46. The second-order valence-corrected chi connectivity index (χ2v) is 4.91. The zero-order valence-electron chi connectivity index (χ0n) is 12.2. The molecule has 0 saturated heterocycles. The van der Waals surface area contributed by atoms with Gasteiger partial charge in [0.25, 0.3) is 5.69 Å². The van der Waals surface area contributed by atoms with Gasteiger partial charge >= 0.3 is 0 Å². The van der Waals surface area contributed by atoms with E-state index in [-0.39, 0.29) is 11.5 Å². The Balaban J connectivity index is 2.49. The molecule has 0 unspecified atom stereocenters. The number of nitro benzene ring substituents is 1. The van der Waals surface area contributed by atoms with E-state index in [1.807, 2.05) is 43.1 Å². The zero-order valence-corrected chi connectivity index (χ0v) is 12.2. The highest BCUT2D eigenvalue weighted by Gasteiger charge is 2.17. The van der Waals surface area contributed by atoms with Gasteiger partial charge in [-0.3, -0.25) is 14.9 Å². The molecule has 0 amide bonds. The molecule has 0 spiro atoms. The van der Waals surface area contributed by atoms with E-state index in [2.05, 4.69) is 0 Å². The number of aryl methyl sites for hydroxylation is 1. The Morgan fingerprint density at radius 3 is 2.29 bits per heavy atom. The molecule has 108 valence electrons. The second-order valence-electron chi connectivity index (χ2n) is 4.91. The molecule has 5 nitrogen and oxygen atoms in total. The molecule has 0 heterocycles. The molecule has 21 heavy (non-hydrogen) atoms. The van der Waals surface area contributed by atoms with Crippen LogP contribution in [0.5, 0.6) is 0 Å². The van der Waals surface area contributed by atoms with Gasteiger partial charge in [0.15, 0.2) is 5.78 Å². The SMILES string of the molecule is CC(=O)c1cc([N+](=O)[O-])ccc1N(C)c1ccc(C)cc1. The number of ketones is 1. The van der Waals surface area contributed by atoms with Gasteiger partial charge < -0.3 is 4.90 Å². The third kappa shape index (κ3) is 3.08. The van der Waals surface area contributed by atoms with Crippen LogP contribution in [0.4, 0.5) is 17.1 Å². The van der Waals surface area contributed by atoms with Crippen LogP contribution in [0.3, 0.4) is 0 Å². The van der Waals surface area contributed by atoms with Crippen molar-refractivity contribution >= 4 is 22.8 Å². The lowest BCUT2D eigenvalue weighted by molar-refractivity contribution is -0.384. The van der Waals surface area contributed by atoms with E-state index in [9.17, 15) is 14.9 Å². The number of hydrogen-bond donors (Lipinski definition) is 0. The first kappa shape index (κ1) is 14.7. The van der Waals surface area contributed by atoms with Gasteiger partial charge in [-0.05, 0) is 32.0 Å². The zero-order chi connectivity index (χ0) is 15.6. The van der Waals surface area contributed by atoms with Crippen LogP contribution in [0.1, 0.15) is 22.8 Å². The Morgan fingerprint density at radius 2 is 1.76 bits per heavy atom. The standard InChI is InChI=1S/C16H16N2O3/c1-11-4-6-13(7-5-11)17(3)16-9-8-14(18(20)21)10-15(16)12(2)19/h4-10H,1-3H3. The molecule has 0 aliphatic rings. The lowest BCUT2D eigenvalue weighted by Gasteiger charge is -2.22. The maximum atomic E-state index is 11.8. The molecule has 0 radical (unpaired) electrons. The quantitative estimate of drug-likeness (QED) is 0.485. The normalized spacial score (nSPS) is 10.2. The third-order valence-electron chi connectivity index (χ3n) is 3.35. The van der Waals surface area contributed by atoms with Gasteiger partial charge in [-0.2, -0.15) is 0 Å². The first-order valence-corrected chi connectivity index (χ1v) is 6.50. The van der Waals surface area contributed by atoms with Gasteiger partial charge in [0.05, 0.1) is 10.6 Å². The van der Waals surface area contributed by atoms with E-state index in [4.69, 9.17) is 0 Å². The number of carbonyl (C=O) groups is 1. The van der Waals surface area contributed by atoms with Crippen LogP contribution in [0, 0.1) is 17.0 Å². The van der Waals surface area contributed by atoms with Gasteiger partial charge in [-0.15, -0.1) is 0 Å². The molecule has 5 heteroatoms. The van der Waals surface area contributed by atoms with Gasteiger partial charge in [0.1, 0.15) is 0 Å². The number of non-ortho nitro benzene ring substituents is 1. The molecule has 0 aromatic heterocycles. The summed E-state index contributed by atoms with van der Waals surface area (Å²) in [5.74, 6) is -0.201. The number of carbonyl (C=O) groups excluding carboxylic acids is 1. The van der Waals surface area contributed by atoms with Crippen LogP contribution >= 0.6 is 0 Å².